The van der Waals surface area contributed by atoms with Crippen LogP contribution in [0.25, 0.3) is 0 Å². The average Bonchev–Trinajstić information content (AvgIpc) is 2.71. The second-order valence-corrected chi connectivity index (χ2v) is 8.32. The first-order valence-corrected chi connectivity index (χ1v) is 10.4. The van der Waals surface area contributed by atoms with Gasteiger partial charge in [-0.1, -0.05) is 11.6 Å². The lowest BCUT2D eigenvalue weighted by atomic mass is 9.77. The summed E-state index contributed by atoms with van der Waals surface area (Å²) in [7, 11) is 0. The smallest absolute Gasteiger partial charge is 0.353 e. The number of piperazine rings is 1. The third-order valence-corrected chi connectivity index (χ3v) is 6.07. The lowest BCUT2D eigenvalue weighted by Gasteiger charge is -2.36. The largest absolute Gasteiger partial charge is 0.434 e. The molecule has 2 heterocycles. The maximum atomic E-state index is 13.3. The molecule has 1 saturated heterocycles. The van der Waals surface area contributed by atoms with Gasteiger partial charge in [-0.3, -0.25) is 4.79 Å². The van der Waals surface area contributed by atoms with E-state index in [2.05, 4.69) is 15.6 Å². The summed E-state index contributed by atoms with van der Waals surface area (Å²) in [5.41, 5.74) is -1.48. The third kappa shape index (κ3) is 5.76. The van der Waals surface area contributed by atoms with Gasteiger partial charge in [0.2, 0.25) is 5.91 Å². The van der Waals surface area contributed by atoms with E-state index in [1.165, 1.54) is 11.0 Å². The monoisotopic (exact) mass is 486 g/mol. The minimum absolute atomic E-state index is 0.0429. The van der Waals surface area contributed by atoms with E-state index in [4.69, 9.17) is 11.6 Å². The molecule has 2 aliphatic rings. The standard InChI is InChI=1S/C19H21ClF6N4O2/c20-12-5-6-13(28-16(12)19(24,25)26)15(10-1-3-11(4-2-10)18(21,22)23)29-17(32)30-8-7-27-14(31)9-30/h5-6,10-11,15H,1-4,7-9H2,(H,27,31)(H,29,32)/t10?,11?,15-/m1/s1. The molecule has 1 aliphatic carbocycles. The lowest BCUT2D eigenvalue weighted by molar-refractivity contribution is -0.184. The van der Waals surface area contributed by atoms with Crippen molar-refractivity contribution in [3.05, 3.63) is 28.5 Å². The minimum Gasteiger partial charge on any atom is -0.353 e. The SMILES string of the molecule is O=C1CN(C(=O)N[C@@H](c2ccc(Cl)c(C(F)(F)F)n2)C2CCC(C(F)(F)F)CC2)CCN1. The topological polar surface area (TPSA) is 74.3 Å². The van der Waals surface area contributed by atoms with E-state index in [0.717, 1.165) is 6.07 Å². The van der Waals surface area contributed by atoms with Crippen LogP contribution < -0.4 is 10.6 Å². The molecule has 178 valence electrons. The van der Waals surface area contributed by atoms with Crippen LogP contribution in [-0.2, 0) is 11.0 Å². The Hall–Kier alpha value is -2.24. The van der Waals surface area contributed by atoms with Gasteiger partial charge in [-0.2, -0.15) is 26.3 Å². The van der Waals surface area contributed by atoms with Crippen molar-refractivity contribution in [3.8, 4) is 0 Å². The van der Waals surface area contributed by atoms with Gasteiger partial charge in [-0.05, 0) is 43.7 Å². The van der Waals surface area contributed by atoms with Gasteiger partial charge in [0.25, 0.3) is 0 Å². The van der Waals surface area contributed by atoms with E-state index in [9.17, 15) is 35.9 Å². The summed E-state index contributed by atoms with van der Waals surface area (Å²) in [4.78, 5) is 29.1. The molecular weight excluding hydrogens is 466 g/mol. The summed E-state index contributed by atoms with van der Waals surface area (Å²) in [5.74, 6) is -2.45. The summed E-state index contributed by atoms with van der Waals surface area (Å²) >= 11 is 5.64. The Kier molecular flexibility index (Phi) is 7.11. The number of nitrogens with one attached hydrogen (secondary N) is 2. The average molecular weight is 487 g/mol. The Balaban J connectivity index is 1.86. The molecule has 0 bridgehead atoms. The fraction of sp³-hybridized carbons (Fsp3) is 0.632. The highest BCUT2D eigenvalue weighted by Gasteiger charge is 2.44. The molecule has 0 unspecified atom stereocenters. The predicted octanol–water partition coefficient (Wildman–Crippen LogP) is 4.31. The Morgan fingerprint density at radius 2 is 1.81 bits per heavy atom. The number of alkyl halides is 6. The Bertz CT molecular complexity index is 855. The van der Waals surface area contributed by atoms with Gasteiger partial charge in [0.15, 0.2) is 5.69 Å². The molecule has 32 heavy (non-hydrogen) atoms. The van der Waals surface area contributed by atoms with Crippen molar-refractivity contribution in [2.75, 3.05) is 19.6 Å². The summed E-state index contributed by atoms with van der Waals surface area (Å²) in [5, 5.41) is 4.52. The number of aromatic nitrogens is 1. The fourth-order valence-electron chi connectivity index (χ4n) is 4.08. The lowest BCUT2D eigenvalue weighted by Crippen LogP contribution is -2.54. The van der Waals surface area contributed by atoms with Crippen molar-refractivity contribution in [3.63, 3.8) is 0 Å². The van der Waals surface area contributed by atoms with Crippen molar-refractivity contribution in [1.82, 2.24) is 20.5 Å². The molecule has 1 aromatic heterocycles. The number of carbonyl (C=O) groups excluding carboxylic acids is 2. The van der Waals surface area contributed by atoms with Crippen LogP contribution in [0, 0.1) is 11.8 Å². The number of halogens is 7. The first kappa shape index (κ1) is 24.4. The second kappa shape index (κ2) is 9.32. The highest BCUT2D eigenvalue weighted by atomic mass is 35.5. The molecule has 1 aliphatic heterocycles. The Morgan fingerprint density at radius 1 is 1.16 bits per heavy atom. The van der Waals surface area contributed by atoms with Gasteiger partial charge in [-0.15, -0.1) is 0 Å². The van der Waals surface area contributed by atoms with E-state index in [0.29, 0.717) is 0 Å². The van der Waals surface area contributed by atoms with Crippen LogP contribution in [0.3, 0.4) is 0 Å². The molecule has 3 rings (SSSR count). The van der Waals surface area contributed by atoms with Crippen LogP contribution in [-0.4, -0.2) is 47.6 Å². The molecule has 1 saturated carbocycles. The number of rotatable bonds is 3. The van der Waals surface area contributed by atoms with Crippen molar-refractivity contribution in [2.24, 2.45) is 11.8 Å². The molecule has 1 atom stereocenters. The third-order valence-electron chi connectivity index (χ3n) is 5.77. The Labute approximate surface area is 184 Å². The first-order valence-electron chi connectivity index (χ1n) is 9.98. The van der Waals surface area contributed by atoms with Gasteiger partial charge in [0.1, 0.15) is 6.54 Å². The molecule has 2 fully saturated rings. The van der Waals surface area contributed by atoms with E-state index in [1.807, 2.05) is 0 Å². The maximum Gasteiger partial charge on any atom is 0.434 e. The van der Waals surface area contributed by atoms with Crippen LogP contribution in [0.2, 0.25) is 5.02 Å². The molecule has 2 N–H and O–H groups in total. The molecule has 0 spiro atoms. The zero-order valence-corrected chi connectivity index (χ0v) is 17.4. The van der Waals surface area contributed by atoms with E-state index in [-0.39, 0.29) is 51.0 Å². The Morgan fingerprint density at radius 3 is 2.38 bits per heavy atom. The van der Waals surface area contributed by atoms with Gasteiger partial charge in [0, 0.05) is 13.1 Å². The van der Waals surface area contributed by atoms with Gasteiger partial charge in [-0.25, -0.2) is 9.78 Å². The number of pyridine rings is 1. The van der Waals surface area contributed by atoms with Crippen LogP contribution in [0.1, 0.15) is 43.1 Å². The zero-order valence-electron chi connectivity index (χ0n) is 16.7. The first-order chi connectivity index (χ1) is 14.9. The fourth-order valence-corrected chi connectivity index (χ4v) is 4.29. The van der Waals surface area contributed by atoms with Crippen LogP contribution >= 0.6 is 11.6 Å². The van der Waals surface area contributed by atoms with E-state index >= 15 is 0 Å². The molecule has 0 radical (unpaired) electrons. The van der Waals surface area contributed by atoms with Crippen molar-refractivity contribution in [2.45, 2.75) is 44.1 Å². The summed E-state index contributed by atoms with van der Waals surface area (Å²) in [6, 6.07) is 0.455. The summed E-state index contributed by atoms with van der Waals surface area (Å²) in [6.07, 6.45) is -9.52. The quantitative estimate of drug-likeness (QED) is 0.625. The van der Waals surface area contributed by atoms with Crippen molar-refractivity contribution in [1.29, 1.82) is 0 Å². The van der Waals surface area contributed by atoms with Crippen LogP contribution in [0.4, 0.5) is 31.1 Å². The maximum absolute atomic E-state index is 13.3. The van der Waals surface area contributed by atoms with E-state index < -0.39 is 52.9 Å². The number of carbonyl (C=O) groups is 2. The van der Waals surface area contributed by atoms with E-state index in [1.54, 1.807) is 0 Å². The highest BCUT2D eigenvalue weighted by Crippen LogP contribution is 2.43. The predicted molar refractivity (Wildman–Crippen MR) is 102 cm³/mol. The molecule has 6 nitrogen and oxygen atoms in total. The number of hydrogen-bond donors (Lipinski definition) is 2. The van der Waals surface area contributed by atoms with Crippen LogP contribution in [0.5, 0.6) is 0 Å². The number of urea groups is 1. The summed E-state index contributed by atoms with van der Waals surface area (Å²) < 4.78 is 79.0. The van der Waals surface area contributed by atoms with Crippen LogP contribution in [0.15, 0.2) is 12.1 Å². The van der Waals surface area contributed by atoms with Crippen molar-refractivity contribution >= 4 is 23.5 Å². The normalized spacial score (nSPS) is 23.5. The second-order valence-electron chi connectivity index (χ2n) is 7.92. The van der Waals surface area contributed by atoms with Gasteiger partial charge in [0.05, 0.1) is 22.7 Å². The van der Waals surface area contributed by atoms with Crippen molar-refractivity contribution < 1.29 is 35.9 Å². The highest BCUT2D eigenvalue weighted by molar-refractivity contribution is 6.31. The van der Waals surface area contributed by atoms with Gasteiger partial charge >= 0.3 is 18.4 Å². The zero-order chi connectivity index (χ0) is 23.7. The molecule has 0 aromatic carbocycles. The molecule has 13 heteroatoms. The number of hydrogen-bond acceptors (Lipinski definition) is 3. The molecule has 3 amide bonds. The van der Waals surface area contributed by atoms with Gasteiger partial charge < -0.3 is 15.5 Å². The number of nitrogens with zero attached hydrogens (tertiary/aromatic N) is 2. The number of amides is 3. The summed E-state index contributed by atoms with van der Waals surface area (Å²) in [6.45, 7) is 0.166. The minimum atomic E-state index is -4.85. The molecular formula is C19H21ClF6N4O2. The molecule has 1 aromatic rings.